The molecule has 0 fully saturated rings. The van der Waals surface area contributed by atoms with E-state index in [9.17, 15) is 14.4 Å². The lowest BCUT2D eigenvalue weighted by Crippen LogP contribution is -2.41. The third-order valence-electron chi connectivity index (χ3n) is 4.69. The number of carbonyl (C=O) groups excluding carboxylic acids is 3. The fourth-order valence-corrected chi connectivity index (χ4v) is 3.26. The van der Waals surface area contributed by atoms with E-state index in [1.165, 1.54) is 4.90 Å². The van der Waals surface area contributed by atoms with Crippen LogP contribution in [0.3, 0.4) is 0 Å². The maximum absolute atomic E-state index is 12.6. The Morgan fingerprint density at radius 3 is 2.43 bits per heavy atom. The van der Waals surface area contributed by atoms with Crippen molar-refractivity contribution in [3.63, 3.8) is 0 Å². The fraction of sp³-hybridized carbons (Fsp3) is 0.286. The summed E-state index contributed by atoms with van der Waals surface area (Å²) in [5, 5.41) is 14.1. The second-order valence-electron chi connectivity index (χ2n) is 6.70. The molecule has 1 heterocycles. The van der Waals surface area contributed by atoms with Crippen LogP contribution in [0.15, 0.2) is 36.4 Å². The summed E-state index contributed by atoms with van der Waals surface area (Å²) in [5.41, 5.74) is 2.99. The molecule has 0 unspecified atom stereocenters. The molecular formula is C21H23N3O6. The first-order valence-electron chi connectivity index (χ1n) is 9.25. The number of nitrogens with one attached hydrogen (secondary N) is 2. The number of anilines is 1. The normalized spacial score (nSPS) is 12.4. The Labute approximate surface area is 173 Å². The molecule has 30 heavy (non-hydrogen) atoms. The summed E-state index contributed by atoms with van der Waals surface area (Å²) < 4.78 is 10.6. The Morgan fingerprint density at radius 2 is 1.80 bits per heavy atom. The molecule has 0 bridgehead atoms. The molecule has 1 aliphatic heterocycles. The molecule has 9 nitrogen and oxygen atoms in total. The van der Waals surface area contributed by atoms with Gasteiger partial charge in [0.15, 0.2) is 0 Å². The maximum atomic E-state index is 12.6. The number of aliphatic hydroxyl groups excluding tert-OH is 1. The predicted octanol–water partition coefficient (Wildman–Crippen LogP) is 0.907. The first-order valence-corrected chi connectivity index (χ1v) is 9.25. The van der Waals surface area contributed by atoms with Crippen molar-refractivity contribution < 1.29 is 29.0 Å². The summed E-state index contributed by atoms with van der Waals surface area (Å²) in [6.07, 6.45) is 0. The minimum Gasteiger partial charge on any atom is -0.497 e. The van der Waals surface area contributed by atoms with Crippen LogP contribution in [0.5, 0.6) is 11.5 Å². The van der Waals surface area contributed by atoms with Crippen molar-refractivity contribution >= 4 is 23.4 Å². The second kappa shape index (κ2) is 9.27. The van der Waals surface area contributed by atoms with Gasteiger partial charge in [-0.3, -0.25) is 19.7 Å². The Balaban J connectivity index is 1.72. The molecule has 0 saturated heterocycles. The number of fused-ring (bicyclic) bond motifs is 1. The predicted molar refractivity (Wildman–Crippen MR) is 108 cm³/mol. The van der Waals surface area contributed by atoms with Crippen LogP contribution in [-0.2, 0) is 22.7 Å². The molecule has 9 heteroatoms. The Bertz CT molecular complexity index is 953. The molecule has 0 radical (unpaired) electrons. The standard InChI is InChI=1S/C21H23N3O6/c1-29-14-6-13(7-15(8-14)30-2)9-22-18-5-3-4-16-17(18)10-24(21(16)28)11-19(26)23-20(27)12-25/h3-8,22,25H,9-12H2,1-2H3,(H,23,26,27). The molecule has 3 rings (SSSR count). The third kappa shape index (κ3) is 4.69. The molecule has 2 aromatic carbocycles. The van der Waals surface area contributed by atoms with E-state index < -0.39 is 18.4 Å². The van der Waals surface area contributed by atoms with Crippen molar-refractivity contribution in [2.45, 2.75) is 13.1 Å². The number of carbonyl (C=O) groups is 3. The van der Waals surface area contributed by atoms with Crippen LogP contribution in [0.25, 0.3) is 0 Å². The van der Waals surface area contributed by atoms with Crippen molar-refractivity contribution in [2.24, 2.45) is 0 Å². The fourth-order valence-electron chi connectivity index (χ4n) is 3.26. The van der Waals surface area contributed by atoms with Crippen LogP contribution < -0.4 is 20.1 Å². The Hall–Kier alpha value is -3.59. The van der Waals surface area contributed by atoms with E-state index in [4.69, 9.17) is 14.6 Å². The minimum absolute atomic E-state index is 0.236. The van der Waals surface area contributed by atoms with Crippen molar-refractivity contribution in [3.05, 3.63) is 53.1 Å². The lowest BCUT2D eigenvalue weighted by molar-refractivity contribution is -0.132. The zero-order valence-electron chi connectivity index (χ0n) is 16.7. The monoisotopic (exact) mass is 413 g/mol. The van der Waals surface area contributed by atoms with Gasteiger partial charge in [-0.15, -0.1) is 0 Å². The Kier molecular flexibility index (Phi) is 6.53. The van der Waals surface area contributed by atoms with Gasteiger partial charge in [-0.05, 0) is 29.8 Å². The average molecular weight is 413 g/mol. The molecule has 0 aromatic heterocycles. The van der Waals surface area contributed by atoms with Crippen LogP contribution in [0, 0.1) is 0 Å². The highest BCUT2D eigenvalue weighted by Crippen LogP contribution is 2.30. The first-order chi connectivity index (χ1) is 14.4. The van der Waals surface area contributed by atoms with E-state index in [-0.39, 0.29) is 19.0 Å². The van der Waals surface area contributed by atoms with E-state index in [0.717, 1.165) is 16.8 Å². The summed E-state index contributed by atoms with van der Waals surface area (Å²) >= 11 is 0. The second-order valence-corrected chi connectivity index (χ2v) is 6.70. The Morgan fingerprint density at radius 1 is 1.10 bits per heavy atom. The van der Waals surface area contributed by atoms with Crippen LogP contribution in [0.1, 0.15) is 21.5 Å². The number of rotatable bonds is 8. The lowest BCUT2D eigenvalue weighted by atomic mass is 10.1. The zero-order valence-corrected chi connectivity index (χ0v) is 16.7. The number of hydrogen-bond acceptors (Lipinski definition) is 7. The summed E-state index contributed by atoms with van der Waals surface area (Å²) in [5.74, 6) is -0.389. The van der Waals surface area contributed by atoms with Crippen molar-refractivity contribution in [2.75, 3.05) is 32.7 Å². The minimum atomic E-state index is -0.805. The van der Waals surface area contributed by atoms with E-state index in [1.807, 2.05) is 23.5 Å². The van der Waals surface area contributed by atoms with Gasteiger partial charge in [0.05, 0.1) is 14.2 Å². The largest absolute Gasteiger partial charge is 0.497 e. The summed E-state index contributed by atoms with van der Waals surface area (Å²) in [6.45, 7) is -0.349. The van der Waals surface area contributed by atoms with Gasteiger partial charge >= 0.3 is 0 Å². The van der Waals surface area contributed by atoms with Gasteiger partial charge in [-0.25, -0.2) is 0 Å². The van der Waals surface area contributed by atoms with Gasteiger partial charge in [0.2, 0.25) is 5.91 Å². The molecule has 0 atom stereocenters. The number of amides is 3. The summed E-state index contributed by atoms with van der Waals surface area (Å²) in [6, 6.07) is 10.9. The lowest BCUT2D eigenvalue weighted by Gasteiger charge is -2.15. The van der Waals surface area contributed by atoms with Gasteiger partial charge < -0.3 is 24.8 Å². The SMILES string of the molecule is COc1cc(CNc2cccc3c2CN(CC(=O)NC(=O)CO)C3=O)cc(OC)c1. The quantitative estimate of drug-likeness (QED) is 0.589. The van der Waals surface area contributed by atoms with Gasteiger partial charge in [0, 0.05) is 36.0 Å². The molecule has 1 aliphatic rings. The van der Waals surface area contributed by atoms with E-state index >= 15 is 0 Å². The molecule has 2 aromatic rings. The summed E-state index contributed by atoms with van der Waals surface area (Å²) in [4.78, 5) is 37.0. The zero-order chi connectivity index (χ0) is 21.7. The average Bonchev–Trinajstić information content (AvgIpc) is 3.07. The first kappa shape index (κ1) is 21.1. The molecule has 3 amide bonds. The van der Waals surface area contributed by atoms with Crippen LogP contribution >= 0.6 is 0 Å². The van der Waals surface area contributed by atoms with Crippen LogP contribution in [0.2, 0.25) is 0 Å². The van der Waals surface area contributed by atoms with Gasteiger partial charge in [0.25, 0.3) is 11.8 Å². The van der Waals surface area contributed by atoms with E-state index in [2.05, 4.69) is 5.32 Å². The smallest absolute Gasteiger partial charge is 0.255 e. The van der Waals surface area contributed by atoms with Crippen molar-refractivity contribution in [1.82, 2.24) is 10.2 Å². The molecule has 3 N–H and O–H groups in total. The van der Waals surface area contributed by atoms with Crippen molar-refractivity contribution in [3.8, 4) is 11.5 Å². The molecular weight excluding hydrogens is 390 g/mol. The number of imide groups is 1. The number of hydrogen-bond donors (Lipinski definition) is 3. The van der Waals surface area contributed by atoms with Gasteiger partial charge in [-0.2, -0.15) is 0 Å². The number of aliphatic hydroxyl groups is 1. The van der Waals surface area contributed by atoms with Crippen molar-refractivity contribution in [1.29, 1.82) is 0 Å². The van der Waals surface area contributed by atoms with Crippen LogP contribution in [-0.4, -0.2) is 55.1 Å². The molecule has 0 spiro atoms. The van der Waals surface area contributed by atoms with Crippen LogP contribution in [0.4, 0.5) is 5.69 Å². The van der Waals surface area contributed by atoms with E-state index in [0.29, 0.717) is 23.6 Å². The third-order valence-corrected chi connectivity index (χ3v) is 4.69. The molecule has 158 valence electrons. The highest BCUT2D eigenvalue weighted by molar-refractivity contribution is 6.03. The van der Waals surface area contributed by atoms with Gasteiger partial charge in [-0.1, -0.05) is 6.07 Å². The highest BCUT2D eigenvalue weighted by atomic mass is 16.5. The topological polar surface area (TPSA) is 117 Å². The van der Waals surface area contributed by atoms with Gasteiger partial charge in [0.1, 0.15) is 24.7 Å². The van der Waals surface area contributed by atoms with E-state index in [1.54, 1.807) is 32.4 Å². The number of benzene rings is 2. The summed E-state index contributed by atoms with van der Waals surface area (Å²) in [7, 11) is 3.17. The highest BCUT2D eigenvalue weighted by Gasteiger charge is 2.30. The molecule has 0 aliphatic carbocycles. The number of methoxy groups -OCH3 is 2. The molecule has 0 saturated carbocycles. The number of ether oxygens (including phenoxy) is 2. The maximum Gasteiger partial charge on any atom is 0.255 e. The number of nitrogens with zero attached hydrogens (tertiary/aromatic N) is 1.